The lowest BCUT2D eigenvalue weighted by atomic mass is 10.2. The first-order valence-corrected chi connectivity index (χ1v) is 8.78. The summed E-state index contributed by atoms with van der Waals surface area (Å²) >= 11 is 4.69. The molecule has 0 saturated carbocycles. The predicted octanol–water partition coefficient (Wildman–Crippen LogP) is 5.83. The molecule has 0 saturated heterocycles. The Labute approximate surface area is 155 Å². The quantitative estimate of drug-likeness (QED) is 0.543. The third kappa shape index (κ3) is 4.10. The van der Waals surface area contributed by atoms with Gasteiger partial charge < -0.3 is 5.32 Å². The number of rotatable bonds is 4. The first-order valence-electron chi connectivity index (χ1n) is 7.10. The van der Waals surface area contributed by atoms with Gasteiger partial charge >= 0.3 is 0 Å². The molecule has 3 nitrogen and oxygen atoms in total. The fraction of sp³-hybridized carbons (Fsp3) is 0. The summed E-state index contributed by atoms with van der Waals surface area (Å²) in [5.74, 6) is -1.39. The van der Waals surface area contributed by atoms with Gasteiger partial charge in [0.2, 0.25) is 0 Å². The standard InChI is InChI=1S/C18H10BrF2N3S/c19-13-3-1-11(2-4-13)17-10-25-18(24-17)12(8-22)9-23-16-6-5-14(20)7-15(16)21/h1-7,9-10,23H/b12-9+. The molecule has 0 aliphatic rings. The number of allylic oxidation sites excluding steroid dienone is 1. The van der Waals surface area contributed by atoms with Gasteiger partial charge in [0, 0.05) is 27.7 Å². The molecule has 1 N–H and O–H groups in total. The van der Waals surface area contributed by atoms with Crippen LogP contribution < -0.4 is 5.32 Å². The summed E-state index contributed by atoms with van der Waals surface area (Å²) in [6, 6.07) is 12.9. The molecule has 0 spiro atoms. The third-order valence-electron chi connectivity index (χ3n) is 3.30. The largest absolute Gasteiger partial charge is 0.358 e. The van der Waals surface area contributed by atoms with Crippen LogP contribution in [0, 0.1) is 23.0 Å². The highest BCUT2D eigenvalue weighted by Gasteiger charge is 2.10. The van der Waals surface area contributed by atoms with Crippen LogP contribution in [0.5, 0.6) is 0 Å². The number of hydrogen-bond acceptors (Lipinski definition) is 4. The van der Waals surface area contributed by atoms with Crippen molar-refractivity contribution in [2.24, 2.45) is 0 Å². The highest BCUT2D eigenvalue weighted by Crippen LogP contribution is 2.27. The Morgan fingerprint density at radius 2 is 1.96 bits per heavy atom. The van der Waals surface area contributed by atoms with Crippen molar-refractivity contribution in [1.82, 2.24) is 4.98 Å². The number of halogens is 3. The average Bonchev–Trinajstić information content (AvgIpc) is 3.07. The van der Waals surface area contributed by atoms with Crippen molar-refractivity contribution in [3.05, 3.63) is 75.2 Å². The number of aromatic nitrogens is 1. The molecule has 0 aliphatic carbocycles. The maximum absolute atomic E-state index is 13.6. The highest BCUT2D eigenvalue weighted by molar-refractivity contribution is 9.10. The monoisotopic (exact) mass is 417 g/mol. The molecule has 0 fully saturated rings. The van der Waals surface area contributed by atoms with E-state index < -0.39 is 11.6 Å². The van der Waals surface area contributed by atoms with Gasteiger partial charge in [0.25, 0.3) is 0 Å². The molecule has 0 aliphatic heterocycles. The molecule has 3 rings (SSSR count). The number of benzene rings is 2. The number of anilines is 1. The molecular formula is C18H10BrF2N3S. The average molecular weight is 418 g/mol. The lowest BCUT2D eigenvalue weighted by Crippen LogP contribution is -1.94. The smallest absolute Gasteiger partial charge is 0.149 e. The SMILES string of the molecule is N#C/C(=C\Nc1ccc(F)cc1F)c1nc(-c2ccc(Br)cc2)cs1. The highest BCUT2D eigenvalue weighted by atomic mass is 79.9. The van der Waals surface area contributed by atoms with Gasteiger partial charge in [-0.15, -0.1) is 11.3 Å². The van der Waals surface area contributed by atoms with Crippen LogP contribution in [0.25, 0.3) is 16.8 Å². The minimum Gasteiger partial charge on any atom is -0.358 e. The van der Waals surface area contributed by atoms with E-state index in [1.165, 1.54) is 23.6 Å². The van der Waals surface area contributed by atoms with E-state index in [2.05, 4.69) is 26.2 Å². The van der Waals surface area contributed by atoms with Gasteiger partial charge in [-0.05, 0) is 24.3 Å². The van der Waals surface area contributed by atoms with Crippen LogP contribution in [-0.4, -0.2) is 4.98 Å². The molecule has 2 aromatic carbocycles. The van der Waals surface area contributed by atoms with Crippen LogP contribution in [0.1, 0.15) is 5.01 Å². The third-order valence-corrected chi connectivity index (χ3v) is 4.70. The summed E-state index contributed by atoms with van der Waals surface area (Å²) in [7, 11) is 0. The molecule has 1 heterocycles. The minimum atomic E-state index is -0.733. The van der Waals surface area contributed by atoms with Gasteiger partial charge in [0.05, 0.1) is 11.4 Å². The van der Waals surface area contributed by atoms with E-state index in [0.717, 1.165) is 27.9 Å². The Morgan fingerprint density at radius 1 is 1.20 bits per heavy atom. The van der Waals surface area contributed by atoms with Crippen molar-refractivity contribution in [3.8, 4) is 17.3 Å². The van der Waals surface area contributed by atoms with Crippen LogP contribution in [0.4, 0.5) is 14.5 Å². The van der Waals surface area contributed by atoms with Crippen LogP contribution in [0.15, 0.2) is 58.5 Å². The lowest BCUT2D eigenvalue weighted by Gasteiger charge is -2.03. The van der Waals surface area contributed by atoms with Crippen molar-refractivity contribution in [3.63, 3.8) is 0 Å². The lowest BCUT2D eigenvalue weighted by molar-refractivity contribution is 0.586. The van der Waals surface area contributed by atoms with E-state index in [1.807, 2.05) is 35.7 Å². The first-order chi connectivity index (χ1) is 12.1. The molecule has 0 unspecified atom stereocenters. The second kappa shape index (κ2) is 7.55. The number of thiazole rings is 1. The maximum atomic E-state index is 13.6. The van der Waals surface area contributed by atoms with E-state index in [1.54, 1.807) is 0 Å². The van der Waals surface area contributed by atoms with Crippen LogP contribution >= 0.6 is 27.3 Å². The van der Waals surface area contributed by atoms with Gasteiger partial charge in [-0.3, -0.25) is 0 Å². The van der Waals surface area contributed by atoms with Crippen molar-refractivity contribution in [2.45, 2.75) is 0 Å². The van der Waals surface area contributed by atoms with Gasteiger partial charge in [0.15, 0.2) is 0 Å². The van der Waals surface area contributed by atoms with E-state index in [-0.39, 0.29) is 11.3 Å². The molecule has 3 aromatic rings. The molecule has 0 atom stereocenters. The first kappa shape index (κ1) is 17.3. The second-order valence-electron chi connectivity index (χ2n) is 4.98. The predicted molar refractivity (Wildman–Crippen MR) is 98.8 cm³/mol. The number of hydrogen-bond donors (Lipinski definition) is 1. The number of nitrogens with zero attached hydrogens (tertiary/aromatic N) is 2. The zero-order valence-electron chi connectivity index (χ0n) is 12.6. The Kier molecular flexibility index (Phi) is 5.22. The maximum Gasteiger partial charge on any atom is 0.149 e. The summed E-state index contributed by atoms with van der Waals surface area (Å²) in [6.07, 6.45) is 1.36. The topological polar surface area (TPSA) is 48.7 Å². The fourth-order valence-electron chi connectivity index (χ4n) is 2.05. The van der Waals surface area contributed by atoms with Crippen LogP contribution in [-0.2, 0) is 0 Å². The molecule has 25 heavy (non-hydrogen) atoms. The molecule has 0 bridgehead atoms. The molecule has 0 radical (unpaired) electrons. The van der Waals surface area contributed by atoms with Crippen LogP contribution in [0.3, 0.4) is 0 Å². The van der Waals surface area contributed by atoms with Crippen molar-refractivity contribution in [2.75, 3.05) is 5.32 Å². The molecule has 124 valence electrons. The van der Waals surface area contributed by atoms with Crippen LogP contribution in [0.2, 0.25) is 0 Å². The van der Waals surface area contributed by atoms with Gasteiger partial charge in [-0.1, -0.05) is 28.1 Å². The van der Waals surface area contributed by atoms with Crippen molar-refractivity contribution < 1.29 is 8.78 Å². The Balaban J connectivity index is 1.84. The van der Waals surface area contributed by atoms with E-state index in [9.17, 15) is 14.0 Å². The summed E-state index contributed by atoms with van der Waals surface area (Å²) in [4.78, 5) is 4.45. The van der Waals surface area contributed by atoms with Crippen molar-refractivity contribution in [1.29, 1.82) is 5.26 Å². The van der Waals surface area contributed by atoms with Gasteiger partial charge in [0.1, 0.15) is 28.3 Å². The minimum absolute atomic E-state index is 0.0823. The van der Waals surface area contributed by atoms with Gasteiger partial charge in [-0.2, -0.15) is 5.26 Å². The Bertz CT molecular complexity index is 975. The van der Waals surface area contributed by atoms with Gasteiger partial charge in [-0.25, -0.2) is 13.8 Å². The van der Waals surface area contributed by atoms with E-state index in [4.69, 9.17) is 0 Å². The molecule has 0 amide bonds. The van der Waals surface area contributed by atoms with Crippen molar-refractivity contribution >= 4 is 38.5 Å². The molecular weight excluding hydrogens is 408 g/mol. The zero-order chi connectivity index (χ0) is 17.8. The molecule has 7 heteroatoms. The zero-order valence-corrected chi connectivity index (χ0v) is 15.0. The summed E-state index contributed by atoms with van der Waals surface area (Å²) in [5, 5.41) is 14.4. The fourth-order valence-corrected chi connectivity index (χ4v) is 3.11. The normalized spacial score (nSPS) is 11.2. The Morgan fingerprint density at radius 3 is 2.64 bits per heavy atom. The van der Waals surface area contributed by atoms with E-state index >= 15 is 0 Å². The summed E-state index contributed by atoms with van der Waals surface area (Å²) in [5.41, 5.74) is 2.03. The summed E-state index contributed by atoms with van der Waals surface area (Å²) < 4.78 is 27.5. The number of nitrogens with one attached hydrogen (secondary N) is 1. The Hall–Kier alpha value is -2.56. The summed E-state index contributed by atoms with van der Waals surface area (Å²) in [6.45, 7) is 0. The van der Waals surface area contributed by atoms with E-state index in [0.29, 0.717) is 5.01 Å². The molecule has 1 aromatic heterocycles. The second-order valence-corrected chi connectivity index (χ2v) is 6.76. The number of nitriles is 1.